The number of hydrogen-bond donors (Lipinski definition) is 3. The fourth-order valence-electron chi connectivity index (χ4n) is 7.86. The zero-order valence-electron chi connectivity index (χ0n) is 24.3. The molecule has 5 rings (SSSR count). The maximum absolute atomic E-state index is 14.9. The van der Waals surface area contributed by atoms with Gasteiger partial charge in [-0.05, 0) is 63.6 Å². The van der Waals surface area contributed by atoms with Crippen molar-refractivity contribution < 1.29 is 47.4 Å². The Balaban J connectivity index is 1.68. The van der Waals surface area contributed by atoms with Crippen LogP contribution in [-0.2, 0) is 31.8 Å². The van der Waals surface area contributed by atoms with Crippen molar-refractivity contribution in [2.45, 2.75) is 43.6 Å². The number of piperazine rings is 1. The van der Waals surface area contributed by atoms with Gasteiger partial charge < -0.3 is 20.8 Å². The Morgan fingerprint density at radius 2 is 1.81 bits per heavy atom. The van der Waals surface area contributed by atoms with Crippen LogP contribution in [0.5, 0.6) is 5.75 Å². The van der Waals surface area contributed by atoms with E-state index in [1.807, 2.05) is 11.8 Å². The molecule has 1 saturated heterocycles. The summed E-state index contributed by atoms with van der Waals surface area (Å²) in [6, 6.07) is -1.16. The van der Waals surface area contributed by atoms with Crippen molar-refractivity contribution >= 4 is 29.0 Å². The predicted molar refractivity (Wildman–Crippen MR) is 144 cm³/mol. The minimum absolute atomic E-state index is 0.187. The lowest BCUT2D eigenvalue weighted by Crippen LogP contribution is -2.74. The number of ketones is 4. The van der Waals surface area contributed by atoms with E-state index in [1.54, 1.807) is 11.9 Å². The van der Waals surface area contributed by atoms with Crippen LogP contribution in [0.4, 0.5) is 13.2 Å². The van der Waals surface area contributed by atoms with Crippen LogP contribution in [0.2, 0.25) is 0 Å². The topological polar surface area (TPSA) is 162 Å². The van der Waals surface area contributed by atoms with Crippen LogP contribution in [0.1, 0.15) is 46.4 Å². The number of primary amides is 1. The molecule has 0 spiro atoms. The minimum atomic E-state index is -4.92. The number of likely N-dealkylation sites (N-methyl/N-ethyl adjacent to an activating group) is 3. The lowest BCUT2D eigenvalue weighted by molar-refractivity contribution is -0.181. The third kappa shape index (κ3) is 4.52. The highest BCUT2D eigenvalue weighted by Gasteiger charge is 2.69. The first kappa shape index (κ1) is 31.2. The number of nitrogens with zero attached hydrogens (tertiary/aromatic N) is 3. The molecule has 11 nitrogen and oxygen atoms in total. The molecular formula is C29H35F3N4O7. The first-order valence-electron chi connectivity index (χ1n) is 14.2. The molecule has 1 aromatic rings. The first-order chi connectivity index (χ1) is 20.0. The number of Topliss-reactive ketones (excluding diaryl/α,β-unsaturated/α-hetero) is 4. The van der Waals surface area contributed by atoms with Gasteiger partial charge in [0.25, 0.3) is 0 Å². The lowest BCUT2D eigenvalue weighted by atomic mass is 9.52. The summed E-state index contributed by atoms with van der Waals surface area (Å²) in [5.41, 5.74) is -0.00356. The number of benzene rings is 1. The zero-order chi connectivity index (χ0) is 31.9. The molecule has 14 heteroatoms. The number of aromatic hydroxyl groups is 1. The molecule has 3 aliphatic carbocycles. The summed E-state index contributed by atoms with van der Waals surface area (Å²) < 4.78 is 44.7. The van der Waals surface area contributed by atoms with E-state index in [1.165, 1.54) is 19.0 Å². The number of phenolic OH excluding ortho intramolecular Hbond substituents is 1. The largest absolute Gasteiger partial charge is 0.507 e. The number of fused-ring (bicyclic) bond motifs is 3. The number of nitrogens with two attached hydrogens (primary N) is 1. The smallest absolute Gasteiger partial charge is 0.417 e. The highest BCUT2D eigenvalue weighted by Crippen LogP contribution is 2.53. The Bertz CT molecular complexity index is 1430. The average molecular weight is 609 g/mol. The second-order valence-electron chi connectivity index (χ2n) is 12.4. The van der Waals surface area contributed by atoms with Crippen LogP contribution in [-0.4, -0.2) is 113 Å². The molecule has 234 valence electrons. The van der Waals surface area contributed by atoms with Crippen molar-refractivity contribution in [1.29, 1.82) is 0 Å². The normalized spacial score (nSPS) is 33.8. The molecule has 0 aromatic heterocycles. The van der Waals surface area contributed by atoms with Crippen molar-refractivity contribution in [3.05, 3.63) is 28.3 Å². The molecule has 1 heterocycles. The summed E-state index contributed by atoms with van der Waals surface area (Å²) in [6.07, 6.45) is -5.72. The van der Waals surface area contributed by atoms with E-state index >= 15 is 0 Å². The van der Waals surface area contributed by atoms with Crippen LogP contribution >= 0.6 is 0 Å². The van der Waals surface area contributed by atoms with E-state index in [-0.39, 0.29) is 18.5 Å². The number of amides is 1. The number of aliphatic hydroxyl groups is 1. The van der Waals surface area contributed by atoms with Gasteiger partial charge in [-0.1, -0.05) is 6.92 Å². The molecule has 0 radical (unpaired) electrons. The Morgan fingerprint density at radius 3 is 2.37 bits per heavy atom. The van der Waals surface area contributed by atoms with Gasteiger partial charge in [0, 0.05) is 31.6 Å². The van der Waals surface area contributed by atoms with Crippen molar-refractivity contribution in [2.24, 2.45) is 29.4 Å². The first-order valence-corrected chi connectivity index (χ1v) is 14.2. The number of halogens is 3. The molecule has 0 bridgehead atoms. The van der Waals surface area contributed by atoms with Gasteiger partial charge >= 0.3 is 6.18 Å². The molecule has 3 fully saturated rings. The van der Waals surface area contributed by atoms with Gasteiger partial charge in [-0.15, -0.1) is 0 Å². The van der Waals surface area contributed by atoms with E-state index in [0.717, 1.165) is 6.07 Å². The number of carbonyl (C=O) groups is 5. The summed E-state index contributed by atoms with van der Waals surface area (Å²) in [6.45, 7) is 3.89. The molecule has 43 heavy (non-hydrogen) atoms. The zero-order valence-corrected chi connectivity index (χ0v) is 24.3. The molecule has 7 unspecified atom stereocenters. The minimum Gasteiger partial charge on any atom is -0.507 e. The quantitative estimate of drug-likeness (QED) is 0.403. The van der Waals surface area contributed by atoms with Crippen molar-refractivity contribution in [3.8, 4) is 5.75 Å². The number of phenols is 1. The van der Waals surface area contributed by atoms with Crippen molar-refractivity contribution in [1.82, 2.24) is 14.7 Å². The molecule has 2 saturated carbocycles. The Kier molecular flexibility index (Phi) is 7.60. The maximum atomic E-state index is 14.9. The molecule has 1 aromatic carbocycles. The molecule has 4 aliphatic rings. The third-order valence-corrected chi connectivity index (χ3v) is 9.92. The van der Waals surface area contributed by atoms with Crippen LogP contribution in [0.15, 0.2) is 6.07 Å². The standard InChI is InChI=1S/C29H35F3N4O7/c1-5-36-7-6-35(4)16(11-36)13-10-17(37)19-14(21(13)29(30,31)32)8-12-9-15-22(34(2)3)24(39)20(27(33)42)26(41)28(15,43)25(40)18(12)23(19)38/h10,12,15-16,18,20,22,37,43H,5-9,11H2,1-4H3,(H2,33,42). The summed E-state index contributed by atoms with van der Waals surface area (Å²) in [5, 5.41) is 22.7. The predicted octanol–water partition coefficient (Wildman–Crippen LogP) is 0.194. The fraction of sp³-hybridized carbons (Fsp3) is 0.621. The number of carbonyl (C=O) groups excluding carboxylic acids is 5. The summed E-state index contributed by atoms with van der Waals surface area (Å²) >= 11 is 0. The van der Waals surface area contributed by atoms with Gasteiger partial charge in [-0.3, -0.25) is 33.8 Å². The van der Waals surface area contributed by atoms with Crippen molar-refractivity contribution in [3.63, 3.8) is 0 Å². The van der Waals surface area contributed by atoms with E-state index in [9.17, 15) is 47.4 Å². The van der Waals surface area contributed by atoms with E-state index in [4.69, 9.17) is 5.73 Å². The molecular weight excluding hydrogens is 573 g/mol. The second kappa shape index (κ2) is 10.5. The van der Waals surface area contributed by atoms with Gasteiger partial charge in [0.15, 0.2) is 34.7 Å². The van der Waals surface area contributed by atoms with Gasteiger partial charge in [-0.25, -0.2) is 0 Å². The van der Waals surface area contributed by atoms with Crippen molar-refractivity contribution in [2.75, 3.05) is 47.3 Å². The second-order valence-corrected chi connectivity index (χ2v) is 12.4. The SMILES string of the molecule is CCN1CCN(C)C(c2cc(O)c3c(c2C(F)(F)F)CC2CC4C(N(C)C)C(=O)C(C(N)=O)C(=O)C4(O)C(=O)C2C3=O)C1. The van der Waals surface area contributed by atoms with Gasteiger partial charge in [0.2, 0.25) is 5.91 Å². The molecule has 4 N–H and O–H groups in total. The highest BCUT2D eigenvalue weighted by molar-refractivity contribution is 6.32. The van der Waals surface area contributed by atoms with Gasteiger partial charge in [0.1, 0.15) is 5.75 Å². The maximum Gasteiger partial charge on any atom is 0.417 e. The summed E-state index contributed by atoms with van der Waals surface area (Å²) in [7, 11) is 4.55. The van der Waals surface area contributed by atoms with E-state index < -0.39 is 105 Å². The number of hydrogen-bond acceptors (Lipinski definition) is 10. The monoisotopic (exact) mass is 608 g/mol. The van der Waals surface area contributed by atoms with E-state index in [0.29, 0.717) is 19.6 Å². The van der Waals surface area contributed by atoms with Crippen LogP contribution in [0.25, 0.3) is 0 Å². The molecule has 7 atom stereocenters. The number of rotatable bonds is 4. The van der Waals surface area contributed by atoms with Gasteiger partial charge in [-0.2, -0.15) is 13.2 Å². The van der Waals surface area contributed by atoms with E-state index in [2.05, 4.69) is 0 Å². The average Bonchev–Trinajstić information content (AvgIpc) is 2.89. The Hall–Kier alpha value is -3.20. The highest BCUT2D eigenvalue weighted by atomic mass is 19.4. The molecule has 1 aliphatic heterocycles. The van der Waals surface area contributed by atoms with Crippen LogP contribution < -0.4 is 5.73 Å². The Morgan fingerprint density at radius 1 is 1.16 bits per heavy atom. The Labute approximate surface area is 245 Å². The summed E-state index contributed by atoms with van der Waals surface area (Å²) in [5.74, 6) is -13.4. The third-order valence-electron chi connectivity index (χ3n) is 9.92. The number of alkyl halides is 3. The fourth-order valence-corrected chi connectivity index (χ4v) is 7.86. The van der Waals surface area contributed by atoms with Crippen LogP contribution in [0, 0.1) is 23.7 Å². The van der Waals surface area contributed by atoms with Crippen LogP contribution in [0.3, 0.4) is 0 Å². The molecule has 1 amide bonds. The lowest BCUT2D eigenvalue weighted by Gasteiger charge is -2.52. The van der Waals surface area contributed by atoms with Gasteiger partial charge in [0.05, 0.1) is 23.1 Å². The summed E-state index contributed by atoms with van der Waals surface area (Å²) in [4.78, 5) is 71.6.